The van der Waals surface area contributed by atoms with E-state index in [1.165, 1.54) is 58.5 Å². The Bertz CT molecular complexity index is 3460. The van der Waals surface area contributed by atoms with Crippen LogP contribution in [-0.4, -0.2) is 15.0 Å². The summed E-state index contributed by atoms with van der Waals surface area (Å²) in [7, 11) is 0. The maximum atomic E-state index is 9.47. The van der Waals surface area contributed by atoms with Gasteiger partial charge < -0.3 is 4.42 Å². The lowest BCUT2D eigenvalue weighted by Gasteiger charge is -2.54. The molecule has 5 nitrogen and oxygen atoms in total. The quantitative estimate of drug-likeness (QED) is 0.167. The first-order chi connectivity index (χ1) is 31.0. The number of nitrogens with zero attached hydrogens (tertiary/aromatic N) is 4. The lowest BCUT2D eigenvalue weighted by Crippen LogP contribution is -2.46. The summed E-state index contributed by atoms with van der Waals surface area (Å²) in [4.78, 5) is 15.7. The van der Waals surface area contributed by atoms with E-state index in [9.17, 15) is 5.26 Å². The molecular formula is C58H44N4O. The zero-order chi connectivity index (χ0) is 42.1. The Morgan fingerprint density at radius 3 is 1.92 bits per heavy atom. The first-order valence-electron chi connectivity index (χ1n) is 22.2. The second-order valence-corrected chi connectivity index (χ2v) is 18.2. The monoisotopic (exact) mass is 812 g/mol. The van der Waals surface area contributed by atoms with Crippen LogP contribution in [0.3, 0.4) is 0 Å². The van der Waals surface area contributed by atoms with Crippen molar-refractivity contribution in [3.8, 4) is 51.4 Å². The summed E-state index contributed by atoms with van der Waals surface area (Å²) in [5.74, 6) is 2.55. The molecule has 0 radical (unpaired) electrons. The van der Waals surface area contributed by atoms with Crippen LogP contribution in [0.2, 0.25) is 0 Å². The molecule has 0 aliphatic heterocycles. The van der Waals surface area contributed by atoms with Crippen molar-refractivity contribution in [1.82, 2.24) is 15.0 Å². The molecule has 3 unspecified atom stereocenters. The first kappa shape index (κ1) is 37.4. The lowest BCUT2D eigenvalue weighted by atomic mass is 9.50. The standard InChI is InChI=1S/C58H44N4O/c1-57(33-38-13-12-32-58(34-38,36-57)50-31-28-41(42-16-5-8-19-45(42)50)39-26-24-37(35-59)25-27-39)49-30-29-46(43-17-6-7-18-44(43)49)55-60-54(40-14-3-2-4-15-40)61-56(62-55)48-21-11-23-52-53(48)47-20-9-10-22-51(47)63-52/h2-11,14-31,38H,12-13,32-34,36H2,1H3. The highest BCUT2D eigenvalue weighted by Crippen LogP contribution is 2.59. The molecule has 3 atom stereocenters. The van der Waals surface area contributed by atoms with Crippen LogP contribution in [-0.2, 0) is 10.8 Å². The van der Waals surface area contributed by atoms with Gasteiger partial charge in [-0.05, 0) is 110 Å². The molecule has 5 heteroatoms. The average molecular weight is 813 g/mol. The first-order valence-corrected chi connectivity index (χ1v) is 22.2. The van der Waals surface area contributed by atoms with Gasteiger partial charge in [0.05, 0.1) is 11.6 Å². The Hall–Kier alpha value is -7.42. The van der Waals surface area contributed by atoms with E-state index in [0.717, 1.165) is 62.4 Å². The number of furan rings is 1. The fourth-order valence-corrected chi connectivity index (χ4v) is 11.9. The topological polar surface area (TPSA) is 75.6 Å². The number of fused-ring (bicyclic) bond motifs is 7. The smallest absolute Gasteiger partial charge is 0.164 e. The van der Waals surface area contributed by atoms with Gasteiger partial charge in [0.25, 0.3) is 0 Å². The third-order valence-corrected chi connectivity index (χ3v) is 14.4. The van der Waals surface area contributed by atoms with Crippen LogP contribution in [0.25, 0.3) is 88.8 Å². The van der Waals surface area contributed by atoms with Crippen molar-refractivity contribution in [2.24, 2.45) is 5.92 Å². The van der Waals surface area contributed by atoms with E-state index in [0.29, 0.717) is 29.0 Å². The van der Waals surface area contributed by atoms with Crippen LogP contribution in [0, 0.1) is 17.2 Å². The minimum absolute atomic E-state index is 0.0461. The largest absolute Gasteiger partial charge is 0.456 e. The molecule has 2 fully saturated rings. The highest BCUT2D eigenvalue weighted by atomic mass is 16.3. The van der Waals surface area contributed by atoms with Crippen molar-refractivity contribution in [1.29, 1.82) is 5.26 Å². The zero-order valence-corrected chi connectivity index (χ0v) is 35.2. The predicted molar refractivity (Wildman–Crippen MR) is 255 cm³/mol. The van der Waals surface area contributed by atoms with Gasteiger partial charge in [0.2, 0.25) is 0 Å². The van der Waals surface area contributed by atoms with Gasteiger partial charge in [-0.15, -0.1) is 0 Å². The maximum Gasteiger partial charge on any atom is 0.164 e. The summed E-state index contributed by atoms with van der Waals surface area (Å²) in [6.07, 6.45) is 7.16. The Morgan fingerprint density at radius 1 is 0.524 bits per heavy atom. The van der Waals surface area contributed by atoms with Crippen LogP contribution in [0.1, 0.15) is 62.1 Å². The van der Waals surface area contributed by atoms with Gasteiger partial charge in [0.15, 0.2) is 17.5 Å². The second-order valence-electron chi connectivity index (χ2n) is 18.2. The van der Waals surface area contributed by atoms with Crippen LogP contribution in [0.4, 0.5) is 0 Å². The number of hydrogen-bond donors (Lipinski definition) is 0. The summed E-state index contributed by atoms with van der Waals surface area (Å²) in [5, 5.41) is 16.6. The van der Waals surface area contributed by atoms with Crippen LogP contribution in [0.15, 0.2) is 174 Å². The van der Waals surface area contributed by atoms with E-state index in [-0.39, 0.29) is 10.8 Å². The molecule has 2 aromatic heterocycles. The molecule has 0 N–H and O–H groups in total. The van der Waals surface area contributed by atoms with E-state index in [1.807, 2.05) is 54.6 Å². The van der Waals surface area contributed by atoms with Crippen molar-refractivity contribution in [3.63, 3.8) is 0 Å². The maximum absolute atomic E-state index is 9.47. The minimum Gasteiger partial charge on any atom is -0.456 e. The number of aromatic nitrogens is 3. The molecule has 302 valence electrons. The summed E-state index contributed by atoms with van der Waals surface area (Å²) < 4.78 is 6.32. The number of hydrogen-bond acceptors (Lipinski definition) is 5. The minimum atomic E-state index is -0.0637. The molecule has 2 heterocycles. The van der Waals surface area contributed by atoms with E-state index in [2.05, 4.69) is 128 Å². The van der Waals surface area contributed by atoms with Gasteiger partial charge in [-0.2, -0.15) is 5.26 Å². The molecular weight excluding hydrogens is 769 g/mol. The molecule has 0 spiro atoms. The fraction of sp³-hybridized carbons (Fsp3) is 0.172. The van der Waals surface area contributed by atoms with E-state index >= 15 is 0 Å². The highest BCUT2D eigenvalue weighted by Gasteiger charge is 2.50. The van der Waals surface area contributed by atoms with Crippen molar-refractivity contribution in [2.75, 3.05) is 0 Å². The van der Waals surface area contributed by atoms with Gasteiger partial charge in [0.1, 0.15) is 11.2 Å². The Morgan fingerprint density at radius 2 is 1.14 bits per heavy atom. The van der Waals surface area contributed by atoms with Gasteiger partial charge in [-0.3, -0.25) is 0 Å². The molecule has 2 bridgehead atoms. The van der Waals surface area contributed by atoms with Crippen LogP contribution < -0.4 is 0 Å². The van der Waals surface area contributed by atoms with Crippen molar-refractivity contribution >= 4 is 43.5 Å². The van der Waals surface area contributed by atoms with Crippen LogP contribution >= 0.6 is 0 Å². The molecule has 63 heavy (non-hydrogen) atoms. The summed E-state index contributed by atoms with van der Waals surface area (Å²) in [5.41, 5.74) is 10.4. The Balaban J connectivity index is 0.996. The SMILES string of the molecule is CC1(c2ccc(-c3nc(-c4ccccc4)nc(-c4cccc5oc6ccccc6c45)n3)c3ccccc23)CC2CCCC(c3ccc(-c4ccc(C#N)cc4)c4ccccc34)(C2)C1. The third kappa shape index (κ3) is 6.15. The van der Waals surface area contributed by atoms with Crippen LogP contribution in [0.5, 0.6) is 0 Å². The average Bonchev–Trinajstić information content (AvgIpc) is 3.72. The fourth-order valence-electron chi connectivity index (χ4n) is 11.9. The van der Waals surface area contributed by atoms with Crippen molar-refractivity contribution < 1.29 is 4.42 Å². The Kier molecular flexibility index (Phi) is 8.66. The number of rotatable bonds is 6. The highest BCUT2D eigenvalue weighted by molar-refractivity contribution is 6.12. The summed E-state index contributed by atoms with van der Waals surface area (Å²) >= 11 is 0. The van der Waals surface area contributed by atoms with Crippen molar-refractivity contribution in [3.05, 3.63) is 187 Å². The number of nitriles is 1. The molecule has 2 aliphatic carbocycles. The summed E-state index contributed by atoms with van der Waals surface area (Å²) in [6.45, 7) is 2.54. The lowest BCUT2D eigenvalue weighted by molar-refractivity contribution is 0.0891. The Labute approximate surface area is 366 Å². The molecule has 0 saturated heterocycles. The molecule has 10 aromatic rings. The zero-order valence-electron chi connectivity index (χ0n) is 35.2. The second kappa shape index (κ2) is 14.6. The van der Waals surface area contributed by atoms with Crippen molar-refractivity contribution in [2.45, 2.75) is 56.3 Å². The van der Waals surface area contributed by atoms with Gasteiger partial charge in [-0.25, -0.2) is 15.0 Å². The van der Waals surface area contributed by atoms with E-state index in [4.69, 9.17) is 19.4 Å². The normalized spacial score (nSPS) is 19.7. The van der Waals surface area contributed by atoms with Gasteiger partial charge in [0, 0.05) is 27.5 Å². The molecule has 2 saturated carbocycles. The molecule has 0 amide bonds. The number of para-hydroxylation sites is 1. The molecule has 8 aromatic carbocycles. The summed E-state index contributed by atoms with van der Waals surface area (Å²) in [6, 6.07) is 62.2. The molecule has 12 rings (SSSR count). The van der Waals surface area contributed by atoms with E-state index in [1.54, 1.807) is 0 Å². The molecule has 2 aliphatic rings. The number of benzene rings is 8. The third-order valence-electron chi connectivity index (χ3n) is 14.4. The van der Waals surface area contributed by atoms with E-state index < -0.39 is 0 Å². The predicted octanol–water partition coefficient (Wildman–Crippen LogP) is 14.8. The van der Waals surface area contributed by atoms with Gasteiger partial charge >= 0.3 is 0 Å². The van der Waals surface area contributed by atoms with Gasteiger partial charge in [-0.1, -0.05) is 165 Å².